The van der Waals surface area contributed by atoms with E-state index in [9.17, 15) is 13.2 Å². The van der Waals surface area contributed by atoms with Crippen molar-refractivity contribution in [2.24, 2.45) is 0 Å². The maximum atomic E-state index is 12.8. The summed E-state index contributed by atoms with van der Waals surface area (Å²) in [4.78, 5) is 14.1. The lowest BCUT2D eigenvalue weighted by Crippen LogP contribution is -2.63. The molecule has 4 rings (SSSR count). The second-order valence-corrected chi connectivity index (χ2v) is 8.79. The quantitative estimate of drug-likeness (QED) is 0.616. The molecule has 1 fully saturated rings. The van der Waals surface area contributed by atoms with Crippen molar-refractivity contribution in [3.05, 3.63) is 71.8 Å². The van der Waals surface area contributed by atoms with Crippen molar-refractivity contribution in [3.63, 3.8) is 0 Å². The summed E-state index contributed by atoms with van der Waals surface area (Å²) in [5.41, 5.74) is 1.35. The minimum absolute atomic E-state index is 0.0937. The number of nitriles is 1. The van der Waals surface area contributed by atoms with Crippen LogP contribution in [0.25, 0.3) is 10.8 Å². The largest absolute Gasteiger partial charge is 0.497 e. The van der Waals surface area contributed by atoms with E-state index in [2.05, 4.69) is 10.8 Å². The molecule has 0 aliphatic carbocycles. The van der Waals surface area contributed by atoms with E-state index in [1.165, 1.54) is 6.07 Å². The fourth-order valence-corrected chi connectivity index (χ4v) is 4.65. The number of benzene rings is 3. The molecule has 1 amide bonds. The van der Waals surface area contributed by atoms with Gasteiger partial charge in [0.05, 0.1) is 23.6 Å². The van der Waals surface area contributed by atoms with Crippen LogP contribution in [0.4, 0.5) is 0 Å². The van der Waals surface area contributed by atoms with Crippen molar-refractivity contribution in [2.75, 3.05) is 13.7 Å². The van der Waals surface area contributed by atoms with Gasteiger partial charge in [0.1, 0.15) is 11.8 Å². The van der Waals surface area contributed by atoms with E-state index >= 15 is 0 Å². The lowest BCUT2D eigenvalue weighted by Gasteiger charge is -2.38. The van der Waals surface area contributed by atoms with Gasteiger partial charge in [0.15, 0.2) is 0 Å². The second-order valence-electron chi connectivity index (χ2n) is 7.08. The van der Waals surface area contributed by atoms with Gasteiger partial charge in [0.2, 0.25) is 15.9 Å². The third-order valence-electron chi connectivity index (χ3n) is 5.07. The molecule has 1 heterocycles. The summed E-state index contributed by atoms with van der Waals surface area (Å²) in [5, 5.41) is 10.6. The third-order valence-corrected chi connectivity index (χ3v) is 6.54. The number of amides is 1. The van der Waals surface area contributed by atoms with Gasteiger partial charge in [0.25, 0.3) is 0 Å². The molecule has 3 aromatic carbocycles. The summed E-state index contributed by atoms with van der Waals surface area (Å²) < 4.78 is 33.2. The average Bonchev–Trinajstić information content (AvgIpc) is 2.77. The molecule has 1 aliphatic heterocycles. The lowest BCUT2D eigenvalue weighted by molar-refractivity contribution is -0.143. The van der Waals surface area contributed by atoms with Gasteiger partial charge >= 0.3 is 0 Å². The Morgan fingerprint density at radius 3 is 2.67 bits per heavy atom. The Balaban J connectivity index is 1.46. The summed E-state index contributed by atoms with van der Waals surface area (Å²) >= 11 is 0. The molecule has 3 aromatic rings. The molecular weight excluding hydrogens is 402 g/mol. The number of carbonyl (C=O) groups excluding carboxylic acids is 1. The number of ether oxygens (including phenoxy) is 1. The van der Waals surface area contributed by atoms with Gasteiger partial charge < -0.3 is 9.64 Å². The predicted octanol–water partition coefficient (Wildman–Crippen LogP) is 2.41. The number of nitrogens with zero attached hydrogens (tertiary/aromatic N) is 2. The van der Waals surface area contributed by atoms with Gasteiger partial charge in [-0.15, -0.1) is 0 Å². The van der Waals surface area contributed by atoms with Crippen LogP contribution in [0.15, 0.2) is 65.6 Å². The number of fused-ring (bicyclic) bond motifs is 1. The molecule has 0 radical (unpaired) electrons. The highest BCUT2D eigenvalue weighted by atomic mass is 32.2. The normalized spacial score (nSPS) is 16.2. The number of hydrogen-bond donors (Lipinski definition) is 1. The zero-order valence-corrected chi connectivity index (χ0v) is 17.0. The topological polar surface area (TPSA) is 99.5 Å². The summed E-state index contributed by atoms with van der Waals surface area (Å²) in [6, 6.07) is 18.5. The number of β-lactam (4-membered cyclic amide) rings is 1. The Hall–Kier alpha value is -3.41. The fourth-order valence-electron chi connectivity index (χ4n) is 3.44. The fraction of sp³-hybridized carbons (Fsp3) is 0.182. The summed E-state index contributed by atoms with van der Waals surface area (Å²) in [5.74, 6) is 0.346. The monoisotopic (exact) mass is 421 g/mol. The Morgan fingerprint density at radius 1 is 1.13 bits per heavy atom. The maximum absolute atomic E-state index is 12.8. The molecule has 0 bridgehead atoms. The zero-order valence-electron chi connectivity index (χ0n) is 16.2. The molecule has 1 atom stereocenters. The predicted molar refractivity (Wildman–Crippen MR) is 111 cm³/mol. The lowest BCUT2D eigenvalue weighted by atomic mass is 10.1. The number of methoxy groups -OCH3 is 1. The summed E-state index contributed by atoms with van der Waals surface area (Å²) in [7, 11) is -2.30. The van der Waals surface area contributed by atoms with E-state index in [1.807, 2.05) is 18.2 Å². The van der Waals surface area contributed by atoms with Crippen LogP contribution in [-0.2, 0) is 21.4 Å². The standard InChI is InChI=1S/C22H19N3O4S/c1-29-19-7-5-17-6-8-20(11-18(17)10-19)30(27,28)24-21-14-25(22(21)26)13-16-4-2-3-15(9-16)12-23/h2-11,21,24H,13-14H2,1H3/t21-/m0/s1. The van der Waals surface area contributed by atoms with E-state index in [-0.39, 0.29) is 17.3 Å². The van der Waals surface area contributed by atoms with Crippen LogP contribution < -0.4 is 9.46 Å². The highest BCUT2D eigenvalue weighted by Crippen LogP contribution is 2.25. The second kappa shape index (κ2) is 7.78. The average molecular weight is 421 g/mol. The molecule has 152 valence electrons. The Kier molecular flexibility index (Phi) is 5.16. The van der Waals surface area contributed by atoms with E-state index in [4.69, 9.17) is 10.00 Å². The molecule has 1 N–H and O–H groups in total. The van der Waals surface area contributed by atoms with Crippen molar-refractivity contribution in [1.82, 2.24) is 9.62 Å². The van der Waals surface area contributed by atoms with Crippen LogP contribution in [0.5, 0.6) is 5.75 Å². The molecule has 8 heteroatoms. The highest BCUT2D eigenvalue weighted by Gasteiger charge is 2.39. The number of rotatable bonds is 6. The van der Waals surface area contributed by atoms with Crippen molar-refractivity contribution in [1.29, 1.82) is 5.26 Å². The van der Waals surface area contributed by atoms with Crippen LogP contribution in [0.2, 0.25) is 0 Å². The summed E-state index contributed by atoms with van der Waals surface area (Å²) in [6.07, 6.45) is 0. The first-order chi connectivity index (χ1) is 14.4. The Morgan fingerprint density at radius 2 is 1.93 bits per heavy atom. The van der Waals surface area contributed by atoms with Crippen LogP contribution in [0, 0.1) is 11.3 Å². The van der Waals surface area contributed by atoms with Crippen molar-refractivity contribution >= 4 is 26.7 Å². The molecular formula is C22H19N3O4S. The van der Waals surface area contributed by atoms with Crippen LogP contribution in [0.3, 0.4) is 0 Å². The molecule has 0 unspecified atom stereocenters. The minimum Gasteiger partial charge on any atom is -0.497 e. The highest BCUT2D eigenvalue weighted by molar-refractivity contribution is 7.89. The first-order valence-electron chi connectivity index (χ1n) is 9.27. The maximum Gasteiger partial charge on any atom is 0.242 e. The number of nitrogens with one attached hydrogen (secondary N) is 1. The molecule has 7 nitrogen and oxygen atoms in total. The van der Waals surface area contributed by atoms with Crippen LogP contribution in [0.1, 0.15) is 11.1 Å². The van der Waals surface area contributed by atoms with Crippen LogP contribution in [-0.4, -0.2) is 38.9 Å². The van der Waals surface area contributed by atoms with Gasteiger partial charge in [-0.1, -0.05) is 24.3 Å². The van der Waals surface area contributed by atoms with Crippen molar-refractivity contribution < 1.29 is 17.9 Å². The first-order valence-corrected chi connectivity index (χ1v) is 10.8. The third kappa shape index (κ3) is 3.85. The molecule has 0 saturated carbocycles. The molecule has 1 saturated heterocycles. The molecule has 0 spiro atoms. The smallest absolute Gasteiger partial charge is 0.242 e. The number of carbonyl (C=O) groups is 1. The minimum atomic E-state index is -3.85. The summed E-state index contributed by atoms with van der Waals surface area (Å²) in [6.45, 7) is 0.610. The SMILES string of the molecule is COc1ccc2ccc(S(=O)(=O)N[C@H]3CN(Cc4cccc(C#N)c4)C3=O)cc2c1. The van der Waals surface area contributed by atoms with Gasteiger partial charge in [0, 0.05) is 13.1 Å². The van der Waals surface area contributed by atoms with Gasteiger partial charge in [-0.25, -0.2) is 8.42 Å². The molecule has 0 aromatic heterocycles. The van der Waals surface area contributed by atoms with Crippen molar-refractivity contribution in [2.45, 2.75) is 17.5 Å². The van der Waals surface area contributed by atoms with Crippen molar-refractivity contribution in [3.8, 4) is 11.8 Å². The van der Waals surface area contributed by atoms with E-state index in [0.29, 0.717) is 17.9 Å². The Labute approximate surface area is 174 Å². The zero-order chi connectivity index (χ0) is 21.3. The molecule has 30 heavy (non-hydrogen) atoms. The van der Waals surface area contributed by atoms with E-state index in [1.54, 1.807) is 48.4 Å². The number of sulfonamides is 1. The molecule has 1 aliphatic rings. The van der Waals surface area contributed by atoms with E-state index in [0.717, 1.165) is 16.3 Å². The van der Waals surface area contributed by atoms with E-state index < -0.39 is 16.1 Å². The number of likely N-dealkylation sites (tertiary alicyclic amines) is 1. The number of hydrogen-bond acceptors (Lipinski definition) is 5. The first kappa shape index (κ1) is 19.9. The van der Waals surface area contributed by atoms with Gasteiger partial charge in [-0.05, 0) is 52.7 Å². The Bertz CT molecular complexity index is 1280. The van der Waals surface area contributed by atoms with Gasteiger partial charge in [-0.3, -0.25) is 4.79 Å². The van der Waals surface area contributed by atoms with Gasteiger partial charge in [-0.2, -0.15) is 9.98 Å². The van der Waals surface area contributed by atoms with Crippen LogP contribution >= 0.6 is 0 Å².